The third kappa shape index (κ3) is 2.29. The molecule has 2 heterocycles. The van der Waals surface area contributed by atoms with Crippen molar-refractivity contribution >= 4 is 16.9 Å². The van der Waals surface area contributed by atoms with Gasteiger partial charge in [0.1, 0.15) is 36.0 Å². The standard InChI is InChI=1S/C10H17FN2O3S/c1-4(11)8-7(15)6(14)5-9(16-8)17-10(12-5)13(2)3/h4-9,14-15H,1-3H3/t4-,5+,6+,7?,8+,9+/m0/s1. The van der Waals surface area contributed by atoms with Gasteiger partial charge in [0.15, 0.2) is 5.17 Å². The Morgan fingerprint density at radius 2 is 2.06 bits per heavy atom. The third-order valence-electron chi connectivity index (χ3n) is 2.92. The van der Waals surface area contributed by atoms with Gasteiger partial charge in [-0.3, -0.25) is 4.99 Å². The van der Waals surface area contributed by atoms with Crippen LogP contribution in [-0.4, -0.2) is 70.3 Å². The monoisotopic (exact) mass is 264 g/mol. The van der Waals surface area contributed by atoms with Crippen LogP contribution in [0.1, 0.15) is 6.92 Å². The molecule has 6 atom stereocenters. The van der Waals surface area contributed by atoms with Crippen molar-refractivity contribution in [1.29, 1.82) is 0 Å². The number of aliphatic imine (C=N–C) groups is 1. The highest BCUT2D eigenvalue weighted by atomic mass is 32.2. The molecule has 1 unspecified atom stereocenters. The van der Waals surface area contributed by atoms with E-state index in [4.69, 9.17) is 4.74 Å². The Labute approximate surface area is 104 Å². The van der Waals surface area contributed by atoms with E-state index in [1.165, 1.54) is 18.7 Å². The lowest BCUT2D eigenvalue weighted by atomic mass is 9.96. The number of nitrogens with zero attached hydrogens (tertiary/aromatic N) is 2. The number of fused-ring (bicyclic) bond motifs is 1. The number of halogens is 1. The fourth-order valence-electron chi connectivity index (χ4n) is 1.97. The molecule has 98 valence electrons. The number of amidine groups is 1. The Bertz CT molecular complexity index is 327. The molecule has 0 aliphatic carbocycles. The van der Waals surface area contributed by atoms with E-state index in [1.54, 1.807) is 4.90 Å². The van der Waals surface area contributed by atoms with Crippen molar-refractivity contribution in [3.05, 3.63) is 0 Å². The van der Waals surface area contributed by atoms with Gasteiger partial charge < -0.3 is 19.8 Å². The van der Waals surface area contributed by atoms with E-state index in [2.05, 4.69) is 4.99 Å². The molecular formula is C10H17FN2O3S. The molecule has 7 heteroatoms. The van der Waals surface area contributed by atoms with Gasteiger partial charge in [-0.1, -0.05) is 11.8 Å². The van der Waals surface area contributed by atoms with Crippen LogP contribution in [0.15, 0.2) is 4.99 Å². The highest BCUT2D eigenvalue weighted by Gasteiger charge is 2.50. The lowest BCUT2D eigenvalue weighted by Crippen LogP contribution is -2.57. The predicted octanol–water partition coefficient (Wildman–Crippen LogP) is -0.176. The van der Waals surface area contributed by atoms with Gasteiger partial charge in [0.05, 0.1) is 0 Å². The van der Waals surface area contributed by atoms with Crippen molar-refractivity contribution in [1.82, 2.24) is 4.90 Å². The average molecular weight is 264 g/mol. The van der Waals surface area contributed by atoms with Gasteiger partial charge in [0.25, 0.3) is 0 Å². The SMILES string of the molecule is C[C@H](F)[C@H]1O[C@@H]2SC(N(C)C)=N[C@@H]2[C@@H](O)C1O. The normalized spacial score (nSPS) is 42.9. The Morgan fingerprint density at radius 3 is 2.59 bits per heavy atom. The van der Waals surface area contributed by atoms with Crippen LogP contribution in [0, 0.1) is 0 Å². The number of ether oxygens (including phenoxy) is 1. The van der Waals surface area contributed by atoms with Gasteiger partial charge in [-0.25, -0.2) is 4.39 Å². The lowest BCUT2D eigenvalue weighted by Gasteiger charge is -2.38. The first kappa shape index (κ1) is 13.1. The number of aliphatic hydroxyl groups excluding tert-OH is 2. The zero-order valence-corrected chi connectivity index (χ0v) is 10.8. The summed E-state index contributed by atoms with van der Waals surface area (Å²) in [5, 5.41) is 20.4. The van der Waals surface area contributed by atoms with Crippen LogP contribution in [0.5, 0.6) is 0 Å². The topological polar surface area (TPSA) is 65.3 Å². The van der Waals surface area contributed by atoms with Crippen molar-refractivity contribution in [3.8, 4) is 0 Å². The molecule has 2 aliphatic heterocycles. The molecule has 0 saturated carbocycles. The number of aliphatic hydroxyl groups is 2. The summed E-state index contributed by atoms with van der Waals surface area (Å²) in [7, 11) is 3.67. The smallest absolute Gasteiger partial charge is 0.161 e. The minimum atomic E-state index is -1.33. The molecular weight excluding hydrogens is 247 g/mol. The summed E-state index contributed by atoms with van der Waals surface area (Å²) >= 11 is 1.35. The fourth-order valence-corrected chi connectivity index (χ4v) is 3.12. The second kappa shape index (κ2) is 4.72. The van der Waals surface area contributed by atoms with E-state index in [0.29, 0.717) is 0 Å². The first-order valence-corrected chi connectivity index (χ1v) is 6.37. The molecule has 2 N–H and O–H groups in total. The van der Waals surface area contributed by atoms with Crippen molar-refractivity contribution in [2.45, 2.75) is 42.9 Å². The fraction of sp³-hybridized carbons (Fsp3) is 0.900. The van der Waals surface area contributed by atoms with Gasteiger partial charge in [-0.15, -0.1) is 0 Å². The van der Waals surface area contributed by atoms with Crippen LogP contribution in [0.25, 0.3) is 0 Å². The van der Waals surface area contributed by atoms with Crippen molar-refractivity contribution in [2.75, 3.05) is 14.1 Å². The van der Waals surface area contributed by atoms with Crippen LogP contribution in [0.3, 0.4) is 0 Å². The van der Waals surface area contributed by atoms with E-state index in [9.17, 15) is 14.6 Å². The van der Waals surface area contributed by atoms with Gasteiger partial charge in [0, 0.05) is 14.1 Å². The third-order valence-corrected chi connectivity index (χ3v) is 4.23. The molecule has 2 aliphatic rings. The van der Waals surface area contributed by atoms with Crippen LogP contribution in [0.4, 0.5) is 4.39 Å². The molecule has 0 bridgehead atoms. The van der Waals surface area contributed by atoms with Crippen LogP contribution >= 0.6 is 11.8 Å². The van der Waals surface area contributed by atoms with Crippen molar-refractivity contribution in [3.63, 3.8) is 0 Å². The second-order valence-corrected chi connectivity index (χ2v) is 5.61. The number of hydrogen-bond donors (Lipinski definition) is 2. The van der Waals surface area contributed by atoms with Gasteiger partial charge in [-0.2, -0.15) is 0 Å². The number of hydrogen-bond acceptors (Lipinski definition) is 6. The number of thioether (sulfide) groups is 1. The van der Waals surface area contributed by atoms with Crippen LogP contribution in [0.2, 0.25) is 0 Å². The molecule has 0 radical (unpaired) electrons. The Morgan fingerprint density at radius 1 is 1.41 bits per heavy atom. The predicted molar refractivity (Wildman–Crippen MR) is 63.7 cm³/mol. The van der Waals surface area contributed by atoms with E-state index < -0.39 is 36.0 Å². The first-order valence-electron chi connectivity index (χ1n) is 5.49. The summed E-state index contributed by atoms with van der Waals surface area (Å²) in [4.78, 5) is 6.09. The number of rotatable bonds is 1. The van der Waals surface area contributed by atoms with Crippen molar-refractivity contribution < 1.29 is 19.3 Å². The van der Waals surface area contributed by atoms with Gasteiger partial charge in [-0.05, 0) is 6.92 Å². The minimum absolute atomic E-state index is 0.422. The minimum Gasteiger partial charge on any atom is -0.388 e. The largest absolute Gasteiger partial charge is 0.388 e. The van der Waals surface area contributed by atoms with Gasteiger partial charge in [0.2, 0.25) is 0 Å². The van der Waals surface area contributed by atoms with E-state index in [-0.39, 0.29) is 0 Å². The first-order chi connectivity index (χ1) is 7.91. The lowest BCUT2D eigenvalue weighted by molar-refractivity contribution is -0.170. The van der Waals surface area contributed by atoms with Gasteiger partial charge >= 0.3 is 0 Å². The van der Waals surface area contributed by atoms with Crippen molar-refractivity contribution in [2.24, 2.45) is 4.99 Å². The molecule has 0 aromatic rings. The van der Waals surface area contributed by atoms with E-state index in [0.717, 1.165) is 5.17 Å². The molecule has 0 aromatic heterocycles. The zero-order valence-electron chi connectivity index (χ0n) is 9.95. The summed E-state index contributed by atoms with van der Waals surface area (Å²) < 4.78 is 18.7. The quantitative estimate of drug-likeness (QED) is 0.688. The van der Waals surface area contributed by atoms with E-state index >= 15 is 0 Å². The van der Waals surface area contributed by atoms with Crippen LogP contribution in [-0.2, 0) is 4.74 Å². The summed E-state index contributed by atoms with van der Waals surface area (Å²) in [6, 6.07) is -0.526. The summed E-state index contributed by atoms with van der Waals surface area (Å²) in [5.41, 5.74) is -0.422. The van der Waals surface area contributed by atoms with E-state index in [1.807, 2.05) is 14.1 Å². The highest BCUT2D eigenvalue weighted by molar-refractivity contribution is 8.14. The highest BCUT2D eigenvalue weighted by Crippen LogP contribution is 2.37. The number of alkyl halides is 1. The zero-order chi connectivity index (χ0) is 12.7. The maximum atomic E-state index is 13.3. The Balaban J connectivity index is 2.15. The molecule has 0 aromatic carbocycles. The molecule has 2 rings (SSSR count). The molecule has 0 spiro atoms. The summed E-state index contributed by atoms with van der Waals surface area (Å²) in [5.74, 6) is 0. The molecule has 1 fully saturated rings. The molecule has 5 nitrogen and oxygen atoms in total. The van der Waals surface area contributed by atoms with Crippen LogP contribution < -0.4 is 0 Å². The molecule has 1 saturated heterocycles. The maximum absolute atomic E-state index is 13.3. The molecule has 0 amide bonds. The maximum Gasteiger partial charge on any atom is 0.161 e. The Hall–Kier alpha value is -0.370. The summed E-state index contributed by atoms with van der Waals surface area (Å²) in [6.07, 6.45) is -4.64. The summed E-state index contributed by atoms with van der Waals surface area (Å²) in [6.45, 7) is 1.31. The molecule has 17 heavy (non-hydrogen) atoms. The average Bonchev–Trinajstić information content (AvgIpc) is 2.67. The second-order valence-electron chi connectivity index (χ2n) is 4.54. The Kier molecular flexibility index (Phi) is 3.63.